The number of methoxy groups -OCH3 is 1. The number of ether oxygens (including phenoxy) is 1. The Morgan fingerprint density at radius 3 is 2.56 bits per heavy atom. The minimum Gasteiger partial charge on any atom is -0.504 e. The monoisotopic (exact) mass is 332 g/mol. The van der Waals surface area contributed by atoms with Gasteiger partial charge in [-0.1, -0.05) is 29.8 Å². The van der Waals surface area contributed by atoms with Crippen LogP contribution in [-0.4, -0.2) is 32.4 Å². The van der Waals surface area contributed by atoms with Gasteiger partial charge in [-0.15, -0.1) is 0 Å². The van der Waals surface area contributed by atoms with Crippen molar-refractivity contribution >= 4 is 11.2 Å². The van der Waals surface area contributed by atoms with Gasteiger partial charge >= 0.3 is 0 Å². The minimum atomic E-state index is 0.0870. The lowest BCUT2D eigenvalue weighted by Crippen LogP contribution is -1.90. The Morgan fingerprint density at radius 2 is 1.80 bits per heavy atom. The zero-order chi connectivity index (χ0) is 17.4. The SMILES string of the molecule is COc1cc(-c2cnc3n[nH]c(-c4ccc(C)cc4)c3n2)ccc1O. The highest BCUT2D eigenvalue weighted by atomic mass is 16.5. The standard InChI is InChI=1S/C19H16N4O2/c1-11-3-5-12(6-4-11)17-18-19(23-22-17)20-10-14(21-18)13-7-8-15(24)16(9-13)25-2/h3-10,24H,1-2H3,(H,20,22,23). The Hall–Kier alpha value is -3.41. The van der Waals surface area contributed by atoms with Gasteiger partial charge in [0, 0.05) is 11.1 Å². The number of benzene rings is 2. The maximum atomic E-state index is 9.76. The molecule has 6 nitrogen and oxygen atoms in total. The molecule has 0 spiro atoms. The fourth-order valence-corrected chi connectivity index (χ4v) is 2.69. The van der Waals surface area contributed by atoms with Gasteiger partial charge < -0.3 is 9.84 Å². The molecule has 0 bridgehead atoms. The van der Waals surface area contributed by atoms with E-state index in [1.165, 1.54) is 12.7 Å². The maximum Gasteiger partial charge on any atom is 0.200 e. The quantitative estimate of drug-likeness (QED) is 0.597. The van der Waals surface area contributed by atoms with E-state index < -0.39 is 0 Å². The molecule has 4 aromatic rings. The highest BCUT2D eigenvalue weighted by molar-refractivity contribution is 5.88. The summed E-state index contributed by atoms with van der Waals surface area (Å²) in [6.45, 7) is 2.05. The molecular formula is C19H16N4O2. The van der Waals surface area contributed by atoms with Gasteiger partial charge in [0.1, 0.15) is 5.52 Å². The predicted octanol–water partition coefficient (Wildman–Crippen LogP) is 3.71. The molecule has 4 rings (SSSR count). The molecule has 2 N–H and O–H groups in total. The first-order valence-corrected chi connectivity index (χ1v) is 7.81. The summed E-state index contributed by atoms with van der Waals surface area (Å²) >= 11 is 0. The molecule has 0 amide bonds. The third-order valence-corrected chi connectivity index (χ3v) is 4.08. The van der Waals surface area contributed by atoms with Gasteiger partial charge in [-0.25, -0.2) is 9.97 Å². The summed E-state index contributed by atoms with van der Waals surface area (Å²) in [7, 11) is 1.51. The summed E-state index contributed by atoms with van der Waals surface area (Å²) in [5.41, 5.74) is 5.77. The zero-order valence-corrected chi connectivity index (χ0v) is 13.8. The number of H-pyrrole nitrogens is 1. The molecule has 0 aliphatic heterocycles. The van der Waals surface area contributed by atoms with Crippen molar-refractivity contribution in [3.63, 3.8) is 0 Å². The number of rotatable bonds is 3. The first-order chi connectivity index (χ1) is 12.2. The van der Waals surface area contributed by atoms with Crippen molar-refractivity contribution in [2.75, 3.05) is 7.11 Å². The Kier molecular flexibility index (Phi) is 3.57. The van der Waals surface area contributed by atoms with E-state index in [0.29, 0.717) is 22.6 Å². The number of nitrogens with zero attached hydrogens (tertiary/aromatic N) is 3. The number of phenols is 1. The molecule has 0 radical (unpaired) electrons. The molecule has 2 heterocycles. The Bertz CT molecular complexity index is 1050. The maximum absolute atomic E-state index is 9.76. The first-order valence-electron chi connectivity index (χ1n) is 7.81. The summed E-state index contributed by atoms with van der Waals surface area (Å²) in [5, 5.41) is 17.0. The van der Waals surface area contributed by atoms with Crippen LogP contribution < -0.4 is 4.74 Å². The van der Waals surface area contributed by atoms with Gasteiger partial charge in [0.15, 0.2) is 17.1 Å². The third kappa shape index (κ3) is 2.67. The number of fused-ring (bicyclic) bond motifs is 1. The van der Waals surface area contributed by atoms with E-state index in [1.807, 2.05) is 31.2 Å². The van der Waals surface area contributed by atoms with Crippen LogP contribution in [-0.2, 0) is 0 Å². The third-order valence-electron chi connectivity index (χ3n) is 4.08. The van der Waals surface area contributed by atoms with Crippen LogP contribution in [0.5, 0.6) is 11.5 Å². The number of phenolic OH excluding ortho intramolecular Hbond substituents is 1. The number of hydrogen-bond donors (Lipinski definition) is 2. The van der Waals surface area contributed by atoms with E-state index in [0.717, 1.165) is 16.8 Å². The van der Waals surface area contributed by atoms with Crippen LogP contribution in [0.3, 0.4) is 0 Å². The lowest BCUT2D eigenvalue weighted by atomic mass is 10.1. The number of aromatic amines is 1. The van der Waals surface area contributed by atoms with Crippen molar-refractivity contribution in [3.8, 4) is 34.0 Å². The highest BCUT2D eigenvalue weighted by Crippen LogP contribution is 2.32. The Balaban J connectivity index is 1.85. The van der Waals surface area contributed by atoms with Gasteiger partial charge in [-0.3, -0.25) is 5.10 Å². The average molecular weight is 332 g/mol. The molecule has 0 fully saturated rings. The first kappa shape index (κ1) is 15.1. The van der Waals surface area contributed by atoms with E-state index in [9.17, 15) is 5.11 Å². The lowest BCUT2D eigenvalue weighted by Gasteiger charge is -2.06. The molecule has 6 heteroatoms. The fourth-order valence-electron chi connectivity index (χ4n) is 2.69. The smallest absolute Gasteiger partial charge is 0.200 e. The summed E-state index contributed by atoms with van der Waals surface area (Å²) in [6.07, 6.45) is 1.66. The minimum absolute atomic E-state index is 0.0870. The van der Waals surface area contributed by atoms with Crippen molar-refractivity contribution in [3.05, 3.63) is 54.2 Å². The largest absolute Gasteiger partial charge is 0.504 e. The second-order valence-corrected chi connectivity index (χ2v) is 5.78. The number of aromatic hydroxyl groups is 1. The second-order valence-electron chi connectivity index (χ2n) is 5.78. The van der Waals surface area contributed by atoms with Crippen molar-refractivity contribution in [1.29, 1.82) is 0 Å². The lowest BCUT2D eigenvalue weighted by molar-refractivity contribution is 0.373. The predicted molar refractivity (Wildman–Crippen MR) is 95.5 cm³/mol. The van der Waals surface area contributed by atoms with Gasteiger partial charge in [0.25, 0.3) is 0 Å². The highest BCUT2D eigenvalue weighted by Gasteiger charge is 2.13. The van der Waals surface area contributed by atoms with Crippen molar-refractivity contribution in [2.45, 2.75) is 6.92 Å². The Morgan fingerprint density at radius 1 is 1.04 bits per heavy atom. The normalized spacial score (nSPS) is 11.0. The molecule has 0 atom stereocenters. The van der Waals surface area contributed by atoms with Crippen LogP contribution in [0.15, 0.2) is 48.7 Å². The van der Waals surface area contributed by atoms with Crippen LogP contribution in [0.1, 0.15) is 5.56 Å². The number of aromatic nitrogens is 4. The van der Waals surface area contributed by atoms with Crippen LogP contribution in [0, 0.1) is 6.92 Å². The summed E-state index contributed by atoms with van der Waals surface area (Å²) in [5.74, 6) is 0.481. The topological polar surface area (TPSA) is 83.9 Å². The van der Waals surface area contributed by atoms with Gasteiger partial charge in [0.2, 0.25) is 0 Å². The molecule has 0 aliphatic carbocycles. The van der Waals surface area contributed by atoms with Crippen molar-refractivity contribution in [1.82, 2.24) is 20.2 Å². The molecule has 0 unspecified atom stereocenters. The van der Waals surface area contributed by atoms with E-state index in [4.69, 9.17) is 9.72 Å². The second kappa shape index (κ2) is 5.90. The van der Waals surface area contributed by atoms with Crippen LogP contribution in [0.4, 0.5) is 0 Å². The Labute approximate surface area is 144 Å². The van der Waals surface area contributed by atoms with E-state index in [2.05, 4.69) is 15.2 Å². The van der Waals surface area contributed by atoms with Crippen LogP contribution in [0.25, 0.3) is 33.7 Å². The zero-order valence-electron chi connectivity index (χ0n) is 13.8. The average Bonchev–Trinajstić information content (AvgIpc) is 3.06. The summed E-state index contributed by atoms with van der Waals surface area (Å²) in [6, 6.07) is 13.2. The van der Waals surface area contributed by atoms with E-state index >= 15 is 0 Å². The number of nitrogens with one attached hydrogen (secondary N) is 1. The van der Waals surface area contributed by atoms with E-state index in [-0.39, 0.29) is 5.75 Å². The van der Waals surface area contributed by atoms with Gasteiger partial charge in [0.05, 0.1) is 24.7 Å². The van der Waals surface area contributed by atoms with Gasteiger partial charge in [-0.2, -0.15) is 5.10 Å². The summed E-state index contributed by atoms with van der Waals surface area (Å²) in [4.78, 5) is 9.11. The van der Waals surface area contributed by atoms with Crippen molar-refractivity contribution in [2.24, 2.45) is 0 Å². The molecule has 25 heavy (non-hydrogen) atoms. The molecular weight excluding hydrogens is 316 g/mol. The van der Waals surface area contributed by atoms with Gasteiger partial charge in [-0.05, 0) is 25.1 Å². The molecule has 0 saturated heterocycles. The number of hydrogen-bond acceptors (Lipinski definition) is 5. The van der Waals surface area contributed by atoms with Crippen LogP contribution >= 0.6 is 0 Å². The number of aryl methyl sites for hydroxylation is 1. The molecule has 0 saturated carbocycles. The molecule has 0 aliphatic rings. The fraction of sp³-hybridized carbons (Fsp3) is 0.105. The molecule has 124 valence electrons. The van der Waals surface area contributed by atoms with Crippen LogP contribution in [0.2, 0.25) is 0 Å². The van der Waals surface area contributed by atoms with E-state index in [1.54, 1.807) is 24.4 Å². The summed E-state index contributed by atoms with van der Waals surface area (Å²) < 4.78 is 5.17. The molecule has 2 aromatic heterocycles. The van der Waals surface area contributed by atoms with Crippen molar-refractivity contribution < 1.29 is 9.84 Å². The molecule has 2 aromatic carbocycles.